The first-order chi connectivity index (χ1) is 16.6. The van der Waals surface area contributed by atoms with Gasteiger partial charge < -0.3 is 10.0 Å². The summed E-state index contributed by atoms with van der Waals surface area (Å²) >= 11 is 3.15. The summed E-state index contributed by atoms with van der Waals surface area (Å²) < 4.78 is 0. The molecule has 2 fully saturated rings. The number of carboxylic acid groups (broad SMARTS) is 1. The van der Waals surface area contributed by atoms with Gasteiger partial charge in [0.2, 0.25) is 5.91 Å². The van der Waals surface area contributed by atoms with E-state index in [0.29, 0.717) is 21.7 Å². The quantitative estimate of drug-likeness (QED) is 0.435. The third-order valence-corrected chi connectivity index (χ3v) is 10.3. The molecular weight excluding hydrogens is 476 g/mol. The molecular formula is C28H38N2O3S2. The second-order valence-corrected chi connectivity index (χ2v) is 13.6. The van der Waals surface area contributed by atoms with Crippen molar-refractivity contribution in [1.82, 2.24) is 4.98 Å². The lowest BCUT2D eigenvalue weighted by atomic mass is 9.81. The van der Waals surface area contributed by atoms with Gasteiger partial charge in [-0.1, -0.05) is 33.8 Å². The summed E-state index contributed by atoms with van der Waals surface area (Å²) in [6, 6.07) is 8.04. The maximum atomic E-state index is 14.0. The Morgan fingerprint density at radius 1 is 1.06 bits per heavy atom. The highest BCUT2D eigenvalue weighted by Crippen LogP contribution is 2.43. The van der Waals surface area contributed by atoms with E-state index in [1.807, 2.05) is 41.1 Å². The van der Waals surface area contributed by atoms with Gasteiger partial charge in [-0.2, -0.15) is 0 Å². The number of carboxylic acids is 1. The number of carbonyl (C=O) groups is 2. The maximum absolute atomic E-state index is 14.0. The van der Waals surface area contributed by atoms with E-state index in [0.717, 1.165) is 61.3 Å². The predicted molar refractivity (Wildman–Crippen MR) is 145 cm³/mol. The van der Waals surface area contributed by atoms with Crippen molar-refractivity contribution in [3.63, 3.8) is 0 Å². The van der Waals surface area contributed by atoms with E-state index in [1.165, 1.54) is 11.3 Å². The molecule has 0 unspecified atom stereocenters. The van der Waals surface area contributed by atoms with Crippen LogP contribution in [-0.2, 0) is 10.2 Å². The third-order valence-electron chi connectivity index (χ3n) is 7.44. The number of hydrogen-bond donors (Lipinski definition) is 1. The number of carbonyl (C=O) groups excluding carboxylic acids is 1. The normalized spacial score (nSPS) is 25.3. The van der Waals surface area contributed by atoms with Gasteiger partial charge in [0.05, 0.1) is 10.7 Å². The smallest absolute Gasteiger partial charge is 0.348 e. The van der Waals surface area contributed by atoms with Crippen LogP contribution in [0.4, 0.5) is 5.69 Å². The number of nitrogens with zero attached hydrogens (tertiary/aromatic N) is 2. The van der Waals surface area contributed by atoms with Crippen molar-refractivity contribution in [2.75, 3.05) is 4.90 Å². The molecule has 2 saturated carbocycles. The van der Waals surface area contributed by atoms with Crippen LogP contribution in [0.5, 0.6) is 0 Å². The largest absolute Gasteiger partial charge is 0.477 e. The van der Waals surface area contributed by atoms with E-state index in [2.05, 4.69) is 38.7 Å². The Morgan fingerprint density at radius 3 is 2.31 bits per heavy atom. The van der Waals surface area contributed by atoms with E-state index < -0.39 is 5.97 Å². The molecule has 5 nitrogen and oxygen atoms in total. The van der Waals surface area contributed by atoms with Gasteiger partial charge in [-0.15, -0.1) is 23.1 Å². The summed E-state index contributed by atoms with van der Waals surface area (Å²) in [5.41, 5.74) is 0.455. The van der Waals surface area contributed by atoms with Crippen molar-refractivity contribution >= 4 is 40.7 Å². The number of thiophene rings is 1. The minimum Gasteiger partial charge on any atom is -0.477 e. The Labute approximate surface area is 217 Å². The summed E-state index contributed by atoms with van der Waals surface area (Å²) in [7, 11) is 0. The van der Waals surface area contributed by atoms with Crippen molar-refractivity contribution in [3.8, 4) is 0 Å². The molecule has 2 aromatic rings. The topological polar surface area (TPSA) is 70.5 Å². The van der Waals surface area contributed by atoms with Crippen molar-refractivity contribution in [2.24, 2.45) is 11.8 Å². The molecule has 2 aliphatic carbocycles. The summed E-state index contributed by atoms with van der Waals surface area (Å²) in [5.74, 6) is -0.144. The van der Waals surface area contributed by atoms with Crippen LogP contribution in [0.1, 0.15) is 93.6 Å². The second-order valence-electron chi connectivity index (χ2n) is 11.3. The molecule has 0 atom stereocenters. The highest BCUT2D eigenvalue weighted by Gasteiger charge is 2.38. The number of thioether (sulfide) groups is 1. The average molecular weight is 515 g/mol. The first-order valence-electron chi connectivity index (χ1n) is 12.9. The number of pyridine rings is 1. The lowest BCUT2D eigenvalue weighted by Gasteiger charge is -2.39. The van der Waals surface area contributed by atoms with Crippen LogP contribution in [0.3, 0.4) is 0 Å². The molecule has 0 aromatic carbocycles. The molecule has 2 heterocycles. The van der Waals surface area contributed by atoms with Crippen molar-refractivity contribution in [2.45, 2.75) is 101 Å². The van der Waals surface area contributed by atoms with Gasteiger partial charge in [0, 0.05) is 28.3 Å². The Balaban J connectivity index is 1.60. The molecule has 2 aromatic heterocycles. The number of hydrogen-bond acceptors (Lipinski definition) is 5. The average Bonchev–Trinajstić information content (AvgIpc) is 3.27. The van der Waals surface area contributed by atoms with Gasteiger partial charge in [-0.3, -0.25) is 4.79 Å². The zero-order valence-corrected chi connectivity index (χ0v) is 23.0. The van der Waals surface area contributed by atoms with Crippen LogP contribution in [0, 0.1) is 11.8 Å². The fourth-order valence-electron chi connectivity index (χ4n) is 5.29. The fourth-order valence-corrected chi connectivity index (χ4v) is 7.47. The zero-order chi connectivity index (χ0) is 25.2. The highest BCUT2D eigenvalue weighted by atomic mass is 32.2. The molecule has 35 heavy (non-hydrogen) atoms. The monoisotopic (exact) mass is 514 g/mol. The first kappa shape index (κ1) is 26.2. The second kappa shape index (κ2) is 11.0. The third kappa shape index (κ3) is 6.29. The van der Waals surface area contributed by atoms with Crippen LogP contribution >= 0.6 is 23.1 Å². The van der Waals surface area contributed by atoms with Gasteiger partial charge in [0.25, 0.3) is 0 Å². The number of anilines is 1. The van der Waals surface area contributed by atoms with Crippen molar-refractivity contribution < 1.29 is 14.7 Å². The molecule has 1 N–H and O–H groups in total. The van der Waals surface area contributed by atoms with E-state index in [-0.39, 0.29) is 23.3 Å². The van der Waals surface area contributed by atoms with Crippen LogP contribution in [-0.4, -0.2) is 33.3 Å². The van der Waals surface area contributed by atoms with Gasteiger partial charge in [0.15, 0.2) is 0 Å². The summed E-state index contributed by atoms with van der Waals surface area (Å²) in [5, 5.41) is 11.6. The Hall–Kier alpha value is -1.86. The molecule has 7 heteroatoms. The summed E-state index contributed by atoms with van der Waals surface area (Å²) in [6.45, 7) is 8.56. The lowest BCUT2D eigenvalue weighted by molar-refractivity contribution is -0.124. The highest BCUT2D eigenvalue weighted by molar-refractivity contribution is 7.99. The van der Waals surface area contributed by atoms with E-state index >= 15 is 0 Å². The van der Waals surface area contributed by atoms with Gasteiger partial charge >= 0.3 is 5.97 Å². The maximum Gasteiger partial charge on any atom is 0.348 e. The summed E-state index contributed by atoms with van der Waals surface area (Å²) in [6.07, 6.45) is 9.54. The van der Waals surface area contributed by atoms with Crippen LogP contribution in [0.25, 0.3) is 0 Å². The predicted octanol–water partition coefficient (Wildman–Crippen LogP) is 7.40. The standard InChI is InChI=1S/C28H38N2O3S2/c1-18-8-10-19(11-9-18)26(31)30(22-17-23(28(2,3)4)35-25(22)27(32)33)20-12-14-21(15-13-20)34-24-7-5-6-16-29-24/h5-7,16-21H,8-15H2,1-4H3,(H,32,33). The molecule has 0 saturated heterocycles. The van der Waals surface area contributed by atoms with Gasteiger partial charge in [-0.05, 0) is 80.9 Å². The molecule has 1 amide bonds. The summed E-state index contributed by atoms with van der Waals surface area (Å²) in [4.78, 5) is 34.0. The molecule has 0 spiro atoms. The van der Waals surface area contributed by atoms with Gasteiger partial charge in [0.1, 0.15) is 4.88 Å². The molecule has 2 aliphatic rings. The minimum atomic E-state index is -0.935. The Kier molecular flexibility index (Phi) is 8.26. The molecule has 0 radical (unpaired) electrons. The lowest BCUT2D eigenvalue weighted by Crippen LogP contribution is -2.46. The van der Waals surface area contributed by atoms with Crippen LogP contribution in [0.2, 0.25) is 0 Å². The molecule has 4 rings (SSSR count). The minimum absolute atomic E-state index is 0.00792. The van der Waals surface area contributed by atoms with E-state index in [9.17, 15) is 14.7 Å². The Bertz CT molecular complexity index is 1010. The first-order valence-corrected chi connectivity index (χ1v) is 14.6. The van der Waals surface area contributed by atoms with Crippen molar-refractivity contribution in [3.05, 3.63) is 40.2 Å². The number of aromatic nitrogens is 1. The molecule has 190 valence electrons. The van der Waals surface area contributed by atoms with Crippen molar-refractivity contribution in [1.29, 1.82) is 0 Å². The SMILES string of the molecule is CC1CCC(C(=O)N(c2cc(C(C)(C)C)sc2C(=O)O)C2CCC(Sc3ccccn3)CC2)CC1. The fraction of sp³-hybridized carbons (Fsp3) is 0.607. The molecule has 0 bridgehead atoms. The number of aromatic carboxylic acids is 1. The Morgan fingerprint density at radius 2 is 1.74 bits per heavy atom. The number of amides is 1. The molecule has 0 aliphatic heterocycles. The van der Waals surface area contributed by atoms with E-state index in [4.69, 9.17) is 0 Å². The van der Waals surface area contributed by atoms with Crippen LogP contribution in [0.15, 0.2) is 35.5 Å². The zero-order valence-electron chi connectivity index (χ0n) is 21.3. The van der Waals surface area contributed by atoms with E-state index in [1.54, 1.807) is 0 Å². The number of rotatable bonds is 6. The van der Waals surface area contributed by atoms with Crippen LogP contribution < -0.4 is 4.90 Å². The van der Waals surface area contributed by atoms with Gasteiger partial charge in [-0.25, -0.2) is 9.78 Å².